The maximum Gasteiger partial charge on any atom is 0.160 e. The van der Waals surface area contributed by atoms with Gasteiger partial charge in [0.25, 0.3) is 0 Å². The number of Topliss-reactive ketones (excluding diaryl/α,β-unsaturated/α-hetero) is 1. The molecule has 18 heavy (non-hydrogen) atoms. The highest BCUT2D eigenvalue weighted by Gasteiger charge is 2.08. The molecule has 0 radical (unpaired) electrons. The first-order chi connectivity index (χ1) is 8.47. The molecule has 0 atom stereocenters. The van der Waals surface area contributed by atoms with Crippen molar-refractivity contribution in [3.05, 3.63) is 60.3 Å². The summed E-state index contributed by atoms with van der Waals surface area (Å²) in [5.74, 6) is -0.0120. The number of rotatable bonds is 6. The largest absolute Gasteiger partial charge is 0.295 e. The zero-order valence-electron chi connectivity index (χ0n) is 11.7. The number of hydrogen-bond acceptors (Lipinski definition) is 2. The minimum absolute atomic E-state index is 0.0120. The van der Waals surface area contributed by atoms with E-state index in [1.54, 1.807) is 19.2 Å². The molecule has 0 heterocycles. The predicted octanol–water partition coefficient (Wildman–Crippen LogP) is 3.84. The fourth-order valence-electron chi connectivity index (χ4n) is 1.47. The first kappa shape index (κ1) is 16.0. The van der Waals surface area contributed by atoms with Crippen LogP contribution in [0.3, 0.4) is 0 Å². The Morgan fingerprint density at radius 2 is 1.89 bits per heavy atom. The average Bonchev–Trinajstić information content (AvgIpc) is 2.29. The lowest BCUT2D eigenvalue weighted by atomic mass is 10.00. The molecule has 0 saturated heterocycles. The lowest BCUT2D eigenvalue weighted by Gasteiger charge is -2.06. The molecule has 0 aliphatic carbocycles. The molecular weight excluding hydrogens is 222 g/mol. The van der Waals surface area contributed by atoms with Crippen molar-refractivity contribution in [1.29, 1.82) is 0 Å². The van der Waals surface area contributed by atoms with Crippen LogP contribution in [0.5, 0.6) is 0 Å². The van der Waals surface area contributed by atoms with E-state index in [2.05, 4.69) is 18.2 Å². The summed E-state index contributed by atoms with van der Waals surface area (Å²) in [6.07, 6.45) is 9.16. The monoisotopic (exact) mass is 243 g/mol. The molecule has 0 unspecified atom stereocenters. The molecule has 0 aromatic carbocycles. The van der Waals surface area contributed by atoms with E-state index in [9.17, 15) is 4.79 Å². The standard InChI is InChI=1S/C16H21NO/c1-7-9-14(10-8-2)16(17-6)11-15(12(3)4)13(5)18/h7-11H,1,3H2,2,4-6H3/b10-8-,14-9+,15-11-,17-16?. The Kier molecular flexibility index (Phi) is 7.29. The third kappa shape index (κ3) is 4.91. The molecule has 0 amide bonds. The number of hydrogen-bond donors (Lipinski definition) is 0. The Morgan fingerprint density at radius 1 is 1.28 bits per heavy atom. The van der Waals surface area contributed by atoms with Crippen LogP contribution in [0.15, 0.2) is 65.2 Å². The molecule has 0 rings (SSSR count). The molecule has 0 aromatic heterocycles. The van der Waals surface area contributed by atoms with Gasteiger partial charge in [-0.1, -0.05) is 37.5 Å². The Hall–Kier alpha value is -1.96. The van der Waals surface area contributed by atoms with E-state index in [4.69, 9.17) is 0 Å². The van der Waals surface area contributed by atoms with Crippen molar-refractivity contribution in [2.24, 2.45) is 4.99 Å². The quantitative estimate of drug-likeness (QED) is 0.396. The Balaban J connectivity index is 5.66. The van der Waals surface area contributed by atoms with Gasteiger partial charge in [-0.2, -0.15) is 0 Å². The van der Waals surface area contributed by atoms with Gasteiger partial charge in [-0.05, 0) is 38.0 Å². The zero-order valence-corrected chi connectivity index (χ0v) is 11.7. The first-order valence-corrected chi connectivity index (χ1v) is 5.79. The second kappa shape index (κ2) is 8.18. The van der Waals surface area contributed by atoms with Gasteiger partial charge in [0.2, 0.25) is 0 Å². The van der Waals surface area contributed by atoms with Crippen molar-refractivity contribution in [2.75, 3.05) is 7.05 Å². The molecule has 0 aromatic rings. The summed E-state index contributed by atoms with van der Waals surface area (Å²) in [4.78, 5) is 15.7. The topological polar surface area (TPSA) is 29.4 Å². The van der Waals surface area contributed by atoms with Crippen LogP contribution >= 0.6 is 0 Å². The Morgan fingerprint density at radius 3 is 2.22 bits per heavy atom. The highest BCUT2D eigenvalue weighted by atomic mass is 16.1. The fraction of sp³-hybridized carbons (Fsp3) is 0.250. The number of aliphatic imine (C=N–C) groups is 1. The number of carbonyl (C=O) groups excluding carboxylic acids is 1. The van der Waals surface area contributed by atoms with Crippen LogP contribution in [-0.4, -0.2) is 18.5 Å². The summed E-state index contributed by atoms with van der Waals surface area (Å²) in [7, 11) is 1.70. The molecule has 0 aliphatic rings. The normalized spacial score (nSPS) is 13.9. The minimum Gasteiger partial charge on any atom is -0.295 e. The van der Waals surface area contributed by atoms with Crippen LogP contribution < -0.4 is 0 Å². The summed E-state index contributed by atoms with van der Waals surface area (Å²) in [6.45, 7) is 12.8. The van der Waals surface area contributed by atoms with Gasteiger partial charge in [0.1, 0.15) is 0 Å². The van der Waals surface area contributed by atoms with Crippen molar-refractivity contribution in [2.45, 2.75) is 20.8 Å². The summed E-state index contributed by atoms with van der Waals surface area (Å²) < 4.78 is 0. The summed E-state index contributed by atoms with van der Waals surface area (Å²) in [6, 6.07) is 0. The molecule has 2 heteroatoms. The Labute approximate surface area is 110 Å². The van der Waals surface area contributed by atoms with Gasteiger partial charge < -0.3 is 0 Å². The van der Waals surface area contributed by atoms with Crippen LogP contribution in [0.4, 0.5) is 0 Å². The minimum atomic E-state index is -0.0120. The van der Waals surface area contributed by atoms with E-state index in [-0.39, 0.29) is 5.78 Å². The second-order valence-electron chi connectivity index (χ2n) is 3.86. The van der Waals surface area contributed by atoms with E-state index in [0.717, 1.165) is 16.9 Å². The number of ketones is 1. The molecule has 0 N–H and O–H groups in total. The van der Waals surface area contributed by atoms with Crippen LogP contribution in [-0.2, 0) is 4.79 Å². The number of nitrogens with zero attached hydrogens (tertiary/aromatic N) is 1. The second-order valence-corrected chi connectivity index (χ2v) is 3.86. The van der Waals surface area contributed by atoms with Crippen molar-refractivity contribution in [3.63, 3.8) is 0 Å². The van der Waals surface area contributed by atoms with E-state index >= 15 is 0 Å². The summed E-state index contributed by atoms with van der Waals surface area (Å²) in [5.41, 5.74) is 2.98. The third-order valence-corrected chi connectivity index (χ3v) is 2.30. The smallest absolute Gasteiger partial charge is 0.160 e. The van der Waals surface area contributed by atoms with Crippen molar-refractivity contribution in [3.8, 4) is 0 Å². The van der Waals surface area contributed by atoms with E-state index < -0.39 is 0 Å². The van der Waals surface area contributed by atoms with Gasteiger partial charge in [0, 0.05) is 12.6 Å². The van der Waals surface area contributed by atoms with Gasteiger partial charge in [-0.3, -0.25) is 9.79 Å². The summed E-state index contributed by atoms with van der Waals surface area (Å²) in [5, 5.41) is 0. The third-order valence-electron chi connectivity index (χ3n) is 2.30. The molecule has 0 fully saturated rings. The average molecular weight is 243 g/mol. The molecule has 0 spiro atoms. The van der Waals surface area contributed by atoms with E-state index in [1.165, 1.54) is 6.92 Å². The molecule has 0 bridgehead atoms. The van der Waals surface area contributed by atoms with Gasteiger partial charge in [0.05, 0.1) is 5.71 Å². The maximum absolute atomic E-state index is 11.5. The lowest BCUT2D eigenvalue weighted by Crippen LogP contribution is -2.04. The van der Waals surface area contributed by atoms with Crippen LogP contribution in [0, 0.1) is 0 Å². The number of allylic oxidation sites excluding steroid dienone is 8. The molecule has 96 valence electrons. The number of carbonyl (C=O) groups is 1. The fourth-order valence-corrected chi connectivity index (χ4v) is 1.47. The van der Waals surface area contributed by atoms with Crippen molar-refractivity contribution < 1.29 is 4.79 Å². The maximum atomic E-state index is 11.5. The Bertz CT molecular complexity index is 443. The van der Waals surface area contributed by atoms with Gasteiger partial charge in [-0.15, -0.1) is 0 Å². The highest BCUT2D eigenvalue weighted by Crippen LogP contribution is 2.12. The molecule has 0 aliphatic heterocycles. The van der Waals surface area contributed by atoms with Crippen LogP contribution in [0.25, 0.3) is 0 Å². The lowest BCUT2D eigenvalue weighted by molar-refractivity contribution is -0.113. The van der Waals surface area contributed by atoms with Crippen molar-refractivity contribution in [1.82, 2.24) is 0 Å². The van der Waals surface area contributed by atoms with E-state index in [0.29, 0.717) is 5.57 Å². The van der Waals surface area contributed by atoms with Crippen molar-refractivity contribution >= 4 is 11.5 Å². The van der Waals surface area contributed by atoms with Gasteiger partial charge in [-0.25, -0.2) is 0 Å². The van der Waals surface area contributed by atoms with Gasteiger partial charge >= 0.3 is 0 Å². The van der Waals surface area contributed by atoms with E-state index in [1.807, 2.05) is 32.1 Å². The zero-order chi connectivity index (χ0) is 14.1. The van der Waals surface area contributed by atoms with Crippen LogP contribution in [0.1, 0.15) is 20.8 Å². The first-order valence-electron chi connectivity index (χ1n) is 5.79. The summed E-state index contributed by atoms with van der Waals surface area (Å²) >= 11 is 0. The van der Waals surface area contributed by atoms with Gasteiger partial charge in [0.15, 0.2) is 5.78 Å². The molecular formula is C16H21NO. The van der Waals surface area contributed by atoms with Crippen LogP contribution in [0.2, 0.25) is 0 Å². The predicted molar refractivity (Wildman–Crippen MR) is 80.0 cm³/mol. The molecule has 2 nitrogen and oxygen atoms in total. The SMILES string of the molecule is C=C/C=C(\C=C/C)C(/C=C(/C(=C)C)C(C)=O)=NC. The highest BCUT2D eigenvalue weighted by molar-refractivity contribution is 6.15. The molecule has 0 saturated carbocycles.